The van der Waals surface area contributed by atoms with Crippen LogP contribution in [0.4, 0.5) is 0 Å². The van der Waals surface area contributed by atoms with Crippen molar-refractivity contribution in [2.75, 3.05) is 7.11 Å². The molecule has 0 aliphatic heterocycles. The summed E-state index contributed by atoms with van der Waals surface area (Å²) in [6.45, 7) is 3.88. The van der Waals surface area contributed by atoms with Gasteiger partial charge in [-0.15, -0.1) is 5.10 Å². The summed E-state index contributed by atoms with van der Waals surface area (Å²) in [5.74, 6) is -0.299. The number of aliphatic carboxylic acids is 1. The van der Waals surface area contributed by atoms with Gasteiger partial charge in [-0.2, -0.15) is 0 Å². The van der Waals surface area contributed by atoms with E-state index in [0.29, 0.717) is 22.2 Å². The van der Waals surface area contributed by atoms with Crippen molar-refractivity contribution in [2.45, 2.75) is 19.0 Å². The second kappa shape index (κ2) is 8.12. The quantitative estimate of drug-likeness (QED) is 0.489. The van der Waals surface area contributed by atoms with Crippen molar-refractivity contribution in [3.63, 3.8) is 0 Å². The first-order valence-electron chi connectivity index (χ1n) is 8.30. The van der Waals surface area contributed by atoms with E-state index >= 15 is 0 Å². The van der Waals surface area contributed by atoms with Gasteiger partial charge in [-0.05, 0) is 61.5 Å². The number of aromatic amines is 1. The number of nitrogens with one attached hydrogen (secondary N) is 1. The van der Waals surface area contributed by atoms with Crippen LogP contribution >= 0.6 is 23.4 Å². The number of hydrogen-bond donors (Lipinski definition) is 1. The molecular formula is C19H18ClN4O3S-. The molecule has 0 saturated heterocycles. The van der Waals surface area contributed by atoms with Crippen LogP contribution in [0.15, 0.2) is 34.3 Å². The summed E-state index contributed by atoms with van der Waals surface area (Å²) in [5, 5.41) is 19.3. The van der Waals surface area contributed by atoms with Crippen LogP contribution in [0.25, 0.3) is 17.5 Å². The summed E-state index contributed by atoms with van der Waals surface area (Å²) in [6, 6.07) is 7.04. The van der Waals surface area contributed by atoms with Gasteiger partial charge in [0.1, 0.15) is 5.75 Å². The van der Waals surface area contributed by atoms with Gasteiger partial charge in [0.2, 0.25) is 5.16 Å². The Hall–Kier alpha value is -2.71. The maximum atomic E-state index is 11.6. The van der Waals surface area contributed by atoms with Gasteiger partial charge in [-0.1, -0.05) is 11.6 Å². The number of carboxylic acids is 1. The summed E-state index contributed by atoms with van der Waals surface area (Å²) < 4.78 is 7.30. The lowest BCUT2D eigenvalue weighted by Crippen LogP contribution is -2.23. The number of ether oxygens (including phenoxy) is 1. The Morgan fingerprint density at radius 3 is 2.71 bits per heavy atom. The van der Waals surface area contributed by atoms with E-state index in [1.807, 2.05) is 31.5 Å². The molecule has 3 aromatic rings. The van der Waals surface area contributed by atoms with E-state index in [1.54, 1.807) is 31.4 Å². The van der Waals surface area contributed by atoms with Crippen molar-refractivity contribution < 1.29 is 14.6 Å². The number of H-pyrrole nitrogens is 1. The maximum Gasteiger partial charge on any atom is 0.213 e. The Bertz CT molecular complexity index is 1070. The Morgan fingerprint density at radius 1 is 1.36 bits per heavy atom. The molecule has 1 aromatic carbocycles. The highest BCUT2D eigenvalue weighted by Crippen LogP contribution is 2.33. The zero-order valence-corrected chi connectivity index (χ0v) is 17.3. The molecule has 9 heteroatoms. The lowest BCUT2D eigenvalue weighted by Gasteiger charge is -2.06. The Labute approximate surface area is 171 Å². The highest BCUT2D eigenvalue weighted by atomic mass is 35.5. The van der Waals surface area contributed by atoms with Crippen LogP contribution in [0.3, 0.4) is 0 Å². The molecule has 0 aliphatic rings. The maximum absolute atomic E-state index is 11.6. The predicted molar refractivity (Wildman–Crippen MR) is 107 cm³/mol. The van der Waals surface area contributed by atoms with Crippen molar-refractivity contribution in [2.24, 2.45) is 7.05 Å². The summed E-state index contributed by atoms with van der Waals surface area (Å²) in [5.41, 5.74) is 3.41. The molecule has 7 nitrogen and oxygen atoms in total. The Balaban J connectivity index is 1.92. The second-order valence-corrected chi connectivity index (χ2v) is 7.54. The number of carbonyl (C=O) groups is 1. The fraction of sp³-hybridized carbons (Fsp3) is 0.211. The number of rotatable bonds is 6. The van der Waals surface area contributed by atoms with Crippen LogP contribution in [0, 0.1) is 13.8 Å². The summed E-state index contributed by atoms with van der Waals surface area (Å²) in [4.78, 5) is 16.0. The molecule has 3 rings (SSSR count). The van der Waals surface area contributed by atoms with E-state index < -0.39 is 5.97 Å². The normalized spacial score (nSPS) is 11.7. The predicted octanol–water partition coefficient (Wildman–Crippen LogP) is 2.97. The van der Waals surface area contributed by atoms with Crippen LogP contribution < -0.4 is 9.84 Å². The number of methoxy groups -OCH3 is 1. The SMILES string of the molecule is COc1ccc(Cl)cc1-c1nc(S/C(=C\c2cc(C)n(C)c2C)C(=O)[O-])n[nH]1. The molecule has 2 aromatic heterocycles. The number of hydrogen-bond acceptors (Lipinski definition) is 6. The second-order valence-electron chi connectivity index (χ2n) is 6.09. The molecule has 0 amide bonds. The van der Waals surface area contributed by atoms with Gasteiger partial charge in [0.15, 0.2) is 5.82 Å². The molecule has 28 heavy (non-hydrogen) atoms. The molecule has 146 valence electrons. The van der Waals surface area contributed by atoms with E-state index in [2.05, 4.69) is 15.2 Å². The zero-order chi connectivity index (χ0) is 20.4. The van der Waals surface area contributed by atoms with E-state index in [4.69, 9.17) is 16.3 Å². The number of aromatic nitrogens is 4. The Morgan fingerprint density at radius 2 is 2.11 bits per heavy atom. The number of carboxylic acid groups (broad SMARTS) is 1. The number of halogens is 1. The van der Waals surface area contributed by atoms with Gasteiger partial charge in [0.05, 0.1) is 18.6 Å². The number of nitrogens with zero attached hydrogens (tertiary/aromatic N) is 3. The molecule has 0 unspecified atom stereocenters. The molecule has 0 fully saturated rings. The molecule has 0 saturated carbocycles. The topological polar surface area (TPSA) is 95.9 Å². The van der Waals surface area contributed by atoms with Crippen LogP contribution in [-0.4, -0.2) is 32.8 Å². The van der Waals surface area contributed by atoms with Crippen molar-refractivity contribution in [1.29, 1.82) is 0 Å². The first-order valence-corrected chi connectivity index (χ1v) is 9.49. The third kappa shape index (κ3) is 4.07. The summed E-state index contributed by atoms with van der Waals surface area (Å²) in [6.07, 6.45) is 1.57. The molecule has 0 aliphatic carbocycles. The highest BCUT2D eigenvalue weighted by molar-refractivity contribution is 8.04. The monoisotopic (exact) mass is 417 g/mol. The van der Waals surface area contributed by atoms with Crippen LogP contribution in [0.5, 0.6) is 5.75 Å². The molecule has 0 radical (unpaired) electrons. The summed E-state index contributed by atoms with van der Waals surface area (Å²) in [7, 11) is 3.47. The fourth-order valence-corrected chi connectivity index (χ4v) is 3.54. The third-order valence-electron chi connectivity index (χ3n) is 4.38. The minimum Gasteiger partial charge on any atom is -0.544 e. The lowest BCUT2D eigenvalue weighted by atomic mass is 10.2. The summed E-state index contributed by atoms with van der Waals surface area (Å²) >= 11 is 6.97. The van der Waals surface area contributed by atoms with Gasteiger partial charge in [-0.25, -0.2) is 4.98 Å². The van der Waals surface area contributed by atoms with Crippen LogP contribution in [0.2, 0.25) is 5.02 Å². The van der Waals surface area contributed by atoms with Gasteiger partial charge in [0, 0.05) is 28.4 Å². The van der Waals surface area contributed by atoms with Crippen molar-refractivity contribution in [3.05, 3.63) is 51.1 Å². The van der Waals surface area contributed by atoms with Crippen molar-refractivity contribution in [3.8, 4) is 17.1 Å². The number of aryl methyl sites for hydroxylation is 1. The standard InChI is InChI=1S/C19H19ClN4O3S/c1-10-7-12(11(2)24(10)3)8-16(18(25)26)28-19-21-17(22-23-19)14-9-13(20)5-6-15(14)27-4/h5-9H,1-4H3,(H,25,26)(H,21,22,23)/p-1/b16-8-. The van der Waals surface area contributed by atoms with Crippen molar-refractivity contribution in [1.82, 2.24) is 19.7 Å². The van der Waals surface area contributed by atoms with Crippen molar-refractivity contribution >= 4 is 35.4 Å². The molecule has 0 spiro atoms. The van der Waals surface area contributed by atoms with E-state index in [0.717, 1.165) is 28.7 Å². The van der Waals surface area contributed by atoms with Gasteiger partial charge in [0.25, 0.3) is 0 Å². The first-order chi connectivity index (χ1) is 13.3. The molecular weight excluding hydrogens is 400 g/mol. The van der Waals surface area contributed by atoms with Gasteiger partial charge < -0.3 is 19.2 Å². The molecule has 0 atom stereocenters. The average molecular weight is 418 g/mol. The smallest absolute Gasteiger partial charge is 0.213 e. The Kier molecular flexibility index (Phi) is 5.81. The zero-order valence-electron chi connectivity index (χ0n) is 15.7. The minimum absolute atomic E-state index is 0.0114. The van der Waals surface area contributed by atoms with Gasteiger partial charge >= 0.3 is 0 Å². The molecule has 1 N–H and O–H groups in total. The first kappa shape index (κ1) is 20.0. The van der Waals surface area contributed by atoms with E-state index in [-0.39, 0.29) is 10.1 Å². The fourth-order valence-electron chi connectivity index (χ4n) is 2.68. The largest absolute Gasteiger partial charge is 0.544 e. The minimum atomic E-state index is -1.29. The van der Waals surface area contributed by atoms with E-state index in [1.165, 1.54) is 0 Å². The lowest BCUT2D eigenvalue weighted by molar-refractivity contribution is -0.297. The third-order valence-corrected chi connectivity index (χ3v) is 5.49. The number of carbonyl (C=O) groups excluding carboxylic acids is 1. The van der Waals surface area contributed by atoms with Crippen LogP contribution in [0.1, 0.15) is 17.0 Å². The number of benzene rings is 1. The molecule has 2 heterocycles. The molecule has 0 bridgehead atoms. The average Bonchev–Trinajstić information content (AvgIpc) is 3.22. The number of thioether (sulfide) groups is 1. The van der Waals surface area contributed by atoms with Crippen LogP contribution in [-0.2, 0) is 11.8 Å². The van der Waals surface area contributed by atoms with Gasteiger partial charge in [-0.3, -0.25) is 5.10 Å². The van der Waals surface area contributed by atoms with E-state index in [9.17, 15) is 9.90 Å². The highest BCUT2D eigenvalue weighted by Gasteiger charge is 2.14.